The quantitative estimate of drug-likeness (QED) is 0.849. The van der Waals surface area contributed by atoms with E-state index in [0.717, 1.165) is 15.6 Å². The SMILES string of the molecule is CCc1c(C(=O)O)sc2ccc(F)cc12. The normalized spacial score (nSPS) is 10.8. The van der Waals surface area contributed by atoms with E-state index >= 15 is 0 Å². The summed E-state index contributed by atoms with van der Waals surface area (Å²) in [5.41, 5.74) is 0.724. The second-order valence-corrected chi connectivity index (χ2v) is 4.26. The molecule has 2 rings (SSSR count). The Morgan fingerprint density at radius 2 is 2.27 bits per heavy atom. The summed E-state index contributed by atoms with van der Waals surface area (Å²) in [5.74, 6) is -1.26. The van der Waals surface area contributed by atoms with Gasteiger partial charge in [-0.05, 0) is 35.6 Å². The van der Waals surface area contributed by atoms with Gasteiger partial charge in [0.2, 0.25) is 0 Å². The van der Waals surface area contributed by atoms with Gasteiger partial charge in [0.15, 0.2) is 0 Å². The zero-order valence-corrected chi connectivity index (χ0v) is 8.90. The molecule has 1 heterocycles. The van der Waals surface area contributed by atoms with Crippen LogP contribution in [0.25, 0.3) is 10.1 Å². The number of aryl methyl sites for hydroxylation is 1. The van der Waals surface area contributed by atoms with Crippen LogP contribution in [-0.4, -0.2) is 11.1 Å². The van der Waals surface area contributed by atoms with E-state index in [-0.39, 0.29) is 5.82 Å². The number of carbonyl (C=O) groups is 1. The molecule has 0 amide bonds. The summed E-state index contributed by atoms with van der Waals surface area (Å²) in [5, 5.41) is 9.71. The van der Waals surface area contributed by atoms with E-state index in [1.165, 1.54) is 23.5 Å². The van der Waals surface area contributed by atoms with Crippen molar-refractivity contribution in [3.63, 3.8) is 0 Å². The number of aromatic carboxylic acids is 1. The molecule has 1 aromatic heterocycles. The highest BCUT2D eigenvalue weighted by atomic mass is 32.1. The first-order valence-electron chi connectivity index (χ1n) is 4.57. The van der Waals surface area contributed by atoms with Crippen LogP contribution in [0.1, 0.15) is 22.2 Å². The predicted octanol–water partition coefficient (Wildman–Crippen LogP) is 3.30. The van der Waals surface area contributed by atoms with E-state index < -0.39 is 5.97 Å². The lowest BCUT2D eigenvalue weighted by atomic mass is 10.1. The lowest BCUT2D eigenvalue weighted by Crippen LogP contribution is -1.96. The average molecular weight is 224 g/mol. The zero-order valence-electron chi connectivity index (χ0n) is 8.08. The number of carboxylic acids is 1. The maximum atomic E-state index is 13.0. The Balaban J connectivity index is 2.79. The van der Waals surface area contributed by atoms with Crippen molar-refractivity contribution >= 4 is 27.4 Å². The molecule has 0 saturated carbocycles. The summed E-state index contributed by atoms with van der Waals surface area (Å²) in [6.07, 6.45) is 0.602. The van der Waals surface area contributed by atoms with Crippen LogP contribution in [0.3, 0.4) is 0 Å². The lowest BCUT2D eigenvalue weighted by molar-refractivity contribution is 0.0701. The van der Waals surface area contributed by atoms with Crippen molar-refractivity contribution in [1.29, 1.82) is 0 Å². The van der Waals surface area contributed by atoms with Gasteiger partial charge < -0.3 is 5.11 Å². The topological polar surface area (TPSA) is 37.3 Å². The van der Waals surface area contributed by atoms with Gasteiger partial charge in [0.25, 0.3) is 0 Å². The summed E-state index contributed by atoms with van der Waals surface area (Å²) in [4.78, 5) is 11.3. The Morgan fingerprint density at radius 1 is 1.53 bits per heavy atom. The summed E-state index contributed by atoms with van der Waals surface area (Å²) < 4.78 is 13.8. The van der Waals surface area contributed by atoms with E-state index in [9.17, 15) is 9.18 Å². The number of benzene rings is 1. The van der Waals surface area contributed by atoms with Gasteiger partial charge >= 0.3 is 5.97 Å². The van der Waals surface area contributed by atoms with Crippen LogP contribution in [0.5, 0.6) is 0 Å². The molecular formula is C11H9FO2S. The molecule has 78 valence electrons. The monoisotopic (exact) mass is 224 g/mol. The van der Waals surface area contributed by atoms with Gasteiger partial charge in [0.05, 0.1) is 0 Å². The van der Waals surface area contributed by atoms with Crippen molar-refractivity contribution in [1.82, 2.24) is 0 Å². The molecule has 2 nitrogen and oxygen atoms in total. The van der Waals surface area contributed by atoms with Gasteiger partial charge in [-0.1, -0.05) is 6.92 Å². The molecule has 0 unspecified atom stereocenters. The first-order chi connectivity index (χ1) is 7.13. The van der Waals surface area contributed by atoms with Crippen molar-refractivity contribution < 1.29 is 14.3 Å². The summed E-state index contributed by atoms with van der Waals surface area (Å²) in [7, 11) is 0. The molecule has 0 saturated heterocycles. The molecular weight excluding hydrogens is 215 g/mol. The molecule has 0 radical (unpaired) electrons. The Morgan fingerprint density at radius 3 is 2.87 bits per heavy atom. The van der Waals surface area contributed by atoms with Gasteiger partial charge in [-0.2, -0.15) is 0 Å². The molecule has 1 N–H and O–H groups in total. The average Bonchev–Trinajstić information content (AvgIpc) is 2.55. The number of rotatable bonds is 2. The van der Waals surface area contributed by atoms with Crippen LogP contribution in [0.15, 0.2) is 18.2 Å². The Bertz CT molecular complexity index is 531. The van der Waals surface area contributed by atoms with Crippen LogP contribution in [0.4, 0.5) is 4.39 Å². The summed E-state index contributed by atoms with van der Waals surface area (Å²) >= 11 is 1.20. The van der Waals surface area contributed by atoms with Gasteiger partial charge in [-0.25, -0.2) is 9.18 Å². The Hall–Kier alpha value is -1.42. The van der Waals surface area contributed by atoms with Crippen molar-refractivity contribution in [2.75, 3.05) is 0 Å². The third-order valence-electron chi connectivity index (χ3n) is 2.30. The molecule has 2 aromatic rings. The zero-order chi connectivity index (χ0) is 11.0. The third-order valence-corrected chi connectivity index (χ3v) is 3.50. The maximum Gasteiger partial charge on any atom is 0.346 e. The van der Waals surface area contributed by atoms with Crippen LogP contribution >= 0.6 is 11.3 Å². The fraction of sp³-hybridized carbons (Fsp3) is 0.182. The second-order valence-electron chi connectivity index (χ2n) is 3.21. The second kappa shape index (κ2) is 3.62. The molecule has 0 spiro atoms. The van der Waals surface area contributed by atoms with Crippen LogP contribution in [-0.2, 0) is 6.42 Å². The number of hydrogen-bond donors (Lipinski definition) is 1. The molecule has 0 aliphatic heterocycles. The molecule has 0 aliphatic carbocycles. The molecule has 0 bridgehead atoms. The molecule has 0 atom stereocenters. The highest BCUT2D eigenvalue weighted by Gasteiger charge is 2.16. The highest BCUT2D eigenvalue weighted by molar-refractivity contribution is 7.21. The van der Waals surface area contributed by atoms with Crippen LogP contribution < -0.4 is 0 Å². The van der Waals surface area contributed by atoms with E-state index in [0.29, 0.717) is 11.3 Å². The van der Waals surface area contributed by atoms with Gasteiger partial charge in [0.1, 0.15) is 10.7 Å². The largest absolute Gasteiger partial charge is 0.477 e. The maximum absolute atomic E-state index is 13.0. The first-order valence-corrected chi connectivity index (χ1v) is 5.39. The molecule has 15 heavy (non-hydrogen) atoms. The fourth-order valence-electron chi connectivity index (χ4n) is 1.64. The number of carboxylic acid groups (broad SMARTS) is 1. The highest BCUT2D eigenvalue weighted by Crippen LogP contribution is 2.32. The molecule has 0 aliphatic rings. The summed E-state index contributed by atoms with van der Waals surface area (Å²) in [6.45, 7) is 1.87. The van der Waals surface area contributed by atoms with Crippen molar-refractivity contribution in [2.24, 2.45) is 0 Å². The number of hydrogen-bond acceptors (Lipinski definition) is 2. The van der Waals surface area contributed by atoms with E-state index in [1.54, 1.807) is 6.07 Å². The Kier molecular flexibility index (Phi) is 2.44. The van der Waals surface area contributed by atoms with E-state index in [4.69, 9.17) is 5.11 Å². The number of halogens is 1. The minimum atomic E-state index is -0.937. The third kappa shape index (κ3) is 1.61. The van der Waals surface area contributed by atoms with Crippen molar-refractivity contribution in [2.45, 2.75) is 13.3 Å². The standard InChI is InChI=1S/C11H9FO2S/c1-2-7-8-5-6(12)3-4-9(8)15-10(7)11(13)14/h3-5H,2H2,1H3,(H,13,14). The van der Waals surface area contributed by atoms with E-state index in [1.807, 2.05) is 6.92 Å². The smallest absolute Gasteiger partial charge is 0.346 e. The fourth-order valence-corrected chi connectivity index (χ4v) is 2.76. The van der Waals surface area contributed by atoms with Gasteiger partial charge in [0, 0.05) is 4.70 Å². The number of fused-ring (bicyclic) bond motifs is 1. The predicted molar refractivity (Wildman–Crippen MR) is 58.1 cm³/mol. The minimum Gasteiger partial charge on any atom is -0.477 e. The van der Waals surface area contributed by atoms with Gasteiger partial charge in [-0.3, -0.25) is 0 Å². The Labute approximate surface area is 90.0 Å². The van der Waals surface area contributed by atoms with Crippen LogP contribution in [0, 0.1) is 5.82 Å². The lowest BCUT2D eigenvalue weighted by Gasteiger charge is -1.96. The van der Waals surface area contributed by atoms with Crippen LogP contribution in [0.2, 0.25) is 0 Å². The van der Waals surface area contributed by atoms with Gasteiger partial charge in [-0.15, -0.1) is 11.3 Å². The molecule has 4 heteroatoms. The first kappa shape index (κ1) is 10.1. The van der Waals surface area contributed by atoms with Crippen molar-refractivity contribution in [3.8, 4) is 0 Å². The number of thiophene rings is 1. The molecule has 1 aromatic carbocycles. The molecule has 0 fully saturated rings. The summed E-state index contributed by atoms with van der Waals surface area (Å²) in [6, 6.07) is 4.38. The van der Waals surface area contributed by atoms with Crippen molar-refractivity contribution in [3.05, 3.63) is 34.5 Å². The van der Waals surface area contributed by atoms with E-state index in [2.05, 4.69) is 0 Å². The minimum absolute atomic E-state index is 0.318.